The van der Waals surface area contributed by atoms with E-state index in [4.69, 9.17) is 0 Å². The first-order valence-corrected chi connectivity index (χ1v) is 10.1. The largest absolute Gasteiger partial charge is 0.280 e. The van der Waals surface area contributed by atoms with Crippen LogP contribution in [0.15, 0.2) is 48.5 Å². The zero-order valence-corrected chi connectivity index (χ0v) is 16.2. The Morgan fingerprint density at radius 3 is 1.89 bits per heavy atom. The van der Waals surface area contributed by atoms with Gasteiger partial charge < -0.3 is 0 Å². The zero-order chi connectivity index (χ0) is 19.4. The average Bonchev–Trinajstić information content (AvgIpc) is 2.68. The molecule has 0 bridgehead atoms. The van der Waals surface area contributed by atoms with E-state index in [1.54, 1.807) is 12.1 Å². The molecule has 2 aromatic rings. The van der Waals surface area contributed by atoms with Crippen LogP contribution in [-0.4, -0.2) is 5.92 Å². The molecule has 2 aromatic carbocycles. The third-order valence-corrected chi connectivity index (χ3v) is 5.91. The van der Waals surface area contributed by atoms with Crippen LogP contribution < -0.4 is 0 Å². The molecular formula is C24H29F3. The maximum absolute atomic E-state index is 13.8. The van der Waals surface area contributed by atoms with Gasteiger partial charge in [-0.3, -0.25) is 0 Å². The molecule has 0 radical (unpaired) electrons. The van der Waals surface area contributed by atoms with Crippen molar-refractivity contribution < 1.29 is 13.2 Å². The fourth-order valence-electron chi connectivity index (χ4n) is 4.28. The van der Waals surface area contributed by atoms with E-state index in [0.29, 0.717) is 12.8 Å². The highest BCUT2D eigenvalue weighted by molar-refractivity contribution is 5.64. The van der Waals surface area contributed by atoms with Crippen molar-refractivity contribution in [2.45, 2.75) is 70.4 Å². The molecule has 0 nitrogen and oxygen atoms in total. The van der Waals surface area contributed by atoms with Crippen molar-refractivity contribution in [3.05, 3.63) is 59.7 Å². The Morgan fingerprint density at radius 2 is 1.41 bits per heavy atom. The SMILES string of the molecule is CCC[C@H]1CC[C@H](c2ccc(-c3ccc(C(F)C(C)(F)F)cc3)cc2)CC1. The van der Waals surface area contributed by atoms with Crippen LogP contribution >= 0.6 is 0 Å². The topological polar surface area (TPSA) is 0 Å². The van der Waals surface area contributed by atoms with Gasteiger partial charge in [0.15, 0.2) is 6.17 Å². The minimum Gasteiger partial charge on any atom is -0.236 e. The van der Waals surface area contributed by atoms with Gasteiger partial charge in [0.05, 0.1) is 0 Å². The number of halogens is 3. The van der Waals surface area contributed by atoms with Gasteiger partial charge in [-0.15, -0.1) is 0 Å². The minimum atomic E-state index is -3.36. The highest BCUT2D eigenvalue weighted by atomic mass is 19.3. The average molecular weight is 374 g/mol. The molecule has 1 aliphatic carbocycles. The Bertz CT molecular complexity index is 705. The predicted octanol–water partition coefficient (Wildman–Crippen LogP) is 8.09. The molecule has 0 aromatic heterocycles. The van der Waals surface area contributed by atoms with Crippen LogP contribution in [-0.2, 0) is 0 Å². The molecule has 0 aliphatic heterocycles. The van der Waals surface area contributed by atoms with E-state index in [1.165, 1.54) is 56.2 Å². The quantitative estimate of drug-likeness (QED) is 0.479. The fraction of sp³-hybridized carbons (Fsp3) is 0.500. The molecule has 146 valence electrons. The fourth-order valence-corrected chi connectivity index (χ4v) is 4.28. The smallest absolute Gasteiger partial charge is 0.236 e. The summed E-state index contributed by atoms with van der Waals surface area (Å²) in [6, 6.07) is 14.9. The summed E-state index contributed by atoms with van der Waals surface area (Å²) >= 11 is 0. The van der Waals surface area contributed by atoms with Crippen LogP contribution in [0.25, 0.3) is 11.1 Å². The number of hydrogen-bond acceptors (Lipinski definition) is 0. The van der Waals surface area contributed by atoms with Gasteiger partial charge >= 0.3 is 0 Å². The molecule has 0 amide bonds. The first-order chi connectivity index (χ1) is 12.9. The molecule has 3 rings (SSSR count). The van der Waals surface area contributed by atoms with E-state index in [2.05, 4.69) is 31.2 Å². The molecule has 1 aliphatic rings. The van der Waals surface area contributed by atoms with Crippen LogP contribution in [0.4, 0.5) is 13.2 Å². The van der Waals surface area contributed by atoms with Gasteiger partial charge in [0.2, 0.25) is 0 Å². The highest BCUT2D eigenvalue weighted by Gasteiger charge is 2.35. The summed E-state index contributed by atoms with van der Waals surface area (Å²) in [5, 5.41) is 0. The van der Waals surface area contributed by atoms with Crippen molar-refractivity contribution in [1.29, 1.82) is 0 Å². The molecule has 1 atom stereocenters. The lowest BCUT2D eigenvalue weighted by molar-refractivity contribution is -0.0566. The second-order valence-corrected chi connectivity index (χ2v) is 8.07. The normalized spacial score (nSPS) is 21.8. The van der Waals surface area contributed by atoms with Crippen molar-refractivity contribution in [2.24, 2.45) is 5.92 Å². The van der Waals surface area contributed by atoms with Gasteiger partial charge in [0.1, 0.15) is 0 Å². The van der Waals surface area contributed by atoms with Crippen molar-refractivity contribution in [3.63, 3.8) is 0 Å². The van der Waals surface area contributed by atoms with E-state index in [9.17, 15) is 13.2 Å². The predicted molar refractivity (Wildman–Crippen MR) is 106 cm³/mol. The van der Waals surface area contributed by atoms with Gasteiger partial charge in [-0.25, -0.2) is 13.2 Å². The molecule has 1 fully saturated rings. The number of rotatable bonds is 6. The zero-order valence-electron chi connectivity index (χ0n) is 16.2. The lowest BCUT2D eigenvalue weighted by atomic mass is 9.77. The summed E-state index contributed by atoms with van der Waals surface area (Å²) in [7, 11) is 0. The van der Waals surface area contributed by atoms with Gasteiger partial charge in [-0.1, -0.05) is 68.3 Å². The van der Waals surface area contributed by atoms with Crippen LogP contribution in [0.1, 0.15) is 75.6 Å². The maximum atomic E-state index is 13.8. The van der Waals surface area contributed by atoms with E-state index in [-0.39, 0.29) is 5.56 Å². The Balaban J connectivity index is 1.65. The molecule has 0 spiro atoms. The third kappa shape index (κ3) is 4.94. The van der Waals surface area contributed by atoms with Crippen molar-refractivity contribution in [1.82, 2.24) is 0 Å². The van der Waals surface area contributed by atoms with Crippen molar-refractivity contribution in [2.75, 3.05) is 0 Å². The molecule has 0 saturated heterocycles. The van der Waals surface area contributed by atoms with Crippen LogP contribution in [0, 0.1) is 5.92 Å². The second kappa shape index (κ2) is 8.50. The number of alkyl halides is 3. The van der Waals surface area contributed by atoms with E-state index >= 15 is 0 Å². The molecule has 3 heteroatoms. The summed E-state index contributed by atoms with van der Waals surface area (Å²) in [4.78, 5) is 0. The molecule has 1 saturated carbocycles. The summed E-state index contributed by atoms with van der Waals surface area (Å²) in [6.45, 7) is 2.87. The summed E-state index contributed by atoms with van der Waals surface area (Å²) in [6.07, 6.45) is 5.55. The number of benzene rings is 2. The lowest BCUT2D eigenvalue weighted by Crippen LogP contribution is -2.18. The first-order valence-electron chi connectivity index (χ1n) is 10.1. The van der Waals surface area contributed by atoms with Gasteiger partial charge in [-0.2, -0.15) is 0 Å². The highest BCUT2D eigenvalue weighted by Crippen LogP contribution is 2.38. The van der Waals surface area contributed by atoms with E-state index in [1.807, 2.05) is 0 Å². The summed E-state index contributed by atoms with van der Waals surface area (Å²) in [5.41, 5.74) is 3.36. The molecule has 27 heavy (non-hydrogen) atoms. The number of hydrogen-bond donors (Lipinski definition) is 0. The van der Waals surface area contributed by atoms with Crippen molar-refractivity contribution in [3.8, 4) is 11.1 Å². The Labute approximate surface area is 160 Å². The molecule has 1 unspecified atom stereocenters. The molecular weight excluding hydrogens is 345 g/mol. The van der Waals surface area contributed by atoms with Crippen LogP contribution in [0.3, 0.4) is 0 Å². The van der Waals surface area contributed by atoms with E-state index in [0.717, 1.165) is 17.0 Å². The maximum Gasteiger partial charge on any atom is 0.280 e. The van der Waals surface area contributed by atoms with Crippen molar-refractivity contribution >= 4 is 0 Å². The van der Waals surface area contributed by atoms with Gasteiger partial charge in [0.25, 0.3) is 5.92 Å². The first kappa shape index (κ1) is 20.0. The summed E-state index contributed by atoms with van der Waals surface area (Å²) < 4.78 is 40.0. The Morgan fingerprint density at radius 1 is 0.889 bits per heavy atom. The Hall–Kier alpha value is -1.77. The van der Waals surface area contributed by atoms with Gasteiger partial charge in [0, 0.05) is 6.92 Å². The van der Waals surface area contributed by atoms with Crippen LogP contribution in [0.2, 0.25) is 0 Å². The second-order valence-electron chi connectivity index (χ2n) is 8.07. The third-order valence-electron chi connectivity index (χ3n) is 5.91. The standard InChI is InChI=1S/C24H29F3/c1-3-4-17-5-7-18(8-6-17)19-9-11-20(12-10-19)21-13-15-22(16-14-21)23(25)24(2,26)27/h9-18,23H,3-8H2,1-2H3/t17-,18-,23?. The lowest BCUT2D eigenvalue weighted by Gasteiger charge is -2.28. The monoisotopic (exact) mass is 374 g/mol. The minimum absolute atomic E-state index is 0.0201. The molecule has 0 N–H and O–H groups in total. The molecule has 0 heterocycles. The van der Waals surface area contributed by atoms with E-state index < -0.39 is 12.1 Å². The van der Waals surface area contributed by atoms with Gasteiger partial charge in [-0.05, 0) is 59.8 Å². The van der Waals surface area contributed by atoms with Crippen LogP contribution in [0.5, 0.6) is 0 Å². The summed E-state index contributed by atoms with van der Waals surface area (Å²) in [5.74, 6) is -1.81. The Kier molecular flexibility index (Phi) is 6.29.